The van der Waals surface area contributed by atoms with Crippen LogP contribution in [0.3, 0.4) is 0 Å². The number of rotatable bonds is 7. The van der Waals surface area contributed by atoms with E-state index < -0.39 is 45.3 Å². The molecule has 0 fully saturated rings. The number of carboxylic acids is 1. The number of carboxylic acid groups (broad SMARTS) is 1. The smallest absolute Gasteiger partial charge is 0.341 e. The normalized spacial score (nSPS) is 12.5. The molecule has 0 aliphatic rings. The quantitative estimate of drug-likeness (QED) is 0.310. The molecule has 0 rings (SSSR count). The van der Waals surface area contributed by atoms with Gasteiger partial charge in [0.1, 0.15) is 0 Å². The average Bonchev–Trinajstić information content (AvgIpc) is 2.09. The van der Waals surface area contributed by atoms with Crippen LogP contribution in [-0.4, -0.2) is 48.5 Å². The van der Waals surface area contributed by atoms with E-state index in [0.717, 1.165) is 0 Å². The summed E-state index contributed by atoms with van der Waals surface area (Å²) in [5.74, 6) is -2.25. The van der Waals surface area contributed by atoms with Gasteiger partial charge in [-0.1, -0.05) is 0 Å². The van der Waals surface area contributed by atoms with E-state index in [4.69, 9.17) is 24.7 Å². The Kier molecular flexibility index (Phi) is 6.15. The van der Waals surface area contributed by atoms with Crippen molar-refractivity contribution >= 4 is 27.1 Å². The van der Waals surface area contributed by atoms with Gasteiger partial charge in [-0.05, 0) is 0 Å². The number of hydrogen-bond acceptors (Lipinski definition) is 4. The molecule has 0 atom stereocenters. The first-order valence-electron chi connectivity index (χ1n) is 4.53. The predicted molar refractivity (Wildman–Crippen MR) is 57.8 cm³/mol. The molecule has 10 nitrogen and oxygen atoms in total. The number of carbonyl (C=O) groups excluding carboxylic acids is 1. The third-order valence-corrected chi connectivity index (χ3v) is 5.53. The Morgan fingerprint density at radius 3 is 1.83 bits per heavy atom. The maximum Gasteiger partial charge on any atom is 0.341 e. The maximum absolute atomic E-state index is 11.1. The van der Waals surface area contributed by atoms with Crippen LogP contribution >= 0.6 is 15.2 Å². The third-order valence-electron chi connectivity index (χ3n) is 1.81. The first-order valence-corrected chi connectivity index (χ1v) is 7.90. The minimum atomic E-state index is -5.14. The van der Waals surface area contributed by atoms with Gasteiger partial charge in [0, 0.05) is 6.54 Å². The minimum Gasteiger partial charge on any atom is -0.481 e. The fraction of sp³-hybridized carbons (Fsp3) is 0.667. The topological polar surface area (TPSA) is 181 Å². The minimum absolute atomic E-state index is 0.302. The lowest BCUT2D eigenvalue weighted by Crippen LogP contribution is -2.29. The number of aliphatic carboxylic acids is 1. The van der Waals surface area contributed by atoms with Crippen LogP contribution in [0.2, 0.25) is 0 Å². The van der Waals surface area contributed by atoms with Crippen molar-refractivity contribution in [1.82, 2.24) is 5.32 Å². The van der Waals surface area contributed by atoms with E-state index >= 15 is 0 Å². The summed E-state index contributed by atoms with van der Waals surface area (Å²) in [6, 6.07) is 0. The van der Waals surface area contributed by atoms with Gasteiger partial charge in [0.05, 0.1) is 12.8 Å². The highest BCUT2D eigenvalue weighted by Gasteiger charge is 2.44. The van der Waals surface area contributed by atoms with Crippen molar-refractivity contribution < 1.29 is 43.4 Å². The molecule has 0 saturated heterocycles. The van der Waals surface area contributed by atoms with Crippen molar-refractivity contribution in [2.45, 2.75) is 18.2 Å². The standard InChI is InChI=1S/C6H13NO9P2/c8-4(7-2-1-5(9)10)3-6(17(11,12)13)18(14,15)16/h6H,1-3H2,(H,7,8)(H,9,10)(H2,11,12,13)(H2,14,15,16). The van der Waals surface area contributed by atoms with Gasteiger partial charge in [0.15, 0.2) is 5.40 Å². The van der Waals surface area contributed by atoms with Crippen molar-refractivity contribution in [3.63, 3.8) is 0 Å². The van der Waals surface area contributed by atoms with Crippen LogP contribution in [0.25, 0.3) is 0 Å². The molecule has 0 aliphatic carbocycles. The second kappa shape index (κ2) is 6.42. The fourth-order valence-corrected chi connectivity index (χ4v) is 3.36. The van der Waals surface area contributed by atoms with Gasteiger partial charge in [-0.2, -0.15) is 0 Å². The molecule has 0 bridgehead atoms. The molecule has 106 valence electrons. The lowest BCUT2D eigenvalue weighted by molar-refractivity contribution is -0.136. The molecule has 18 heavy (non-hydrogen) atoms. The van der Waals surface area contributed by atoms with Crippen molar-refractivity contribution in [1.29, 1.82) is 0 Å². The monoisotopic (exact) mass is 305 g/mol. The van der Waals surface area contributed by atoms with Crippen LogP contribution in [0.5, 0.6) is 0 Å². The summed E-state index contributed by atoms with van der Waals surface area (Å²) in [4.78, 5) is 56.1. The van der Waals surface area contributed by atoms with Gasteiger partial charge in [-0.15, -0.1) is 0 Å². The molecule has 0 aromatic heterocycles. The van der Waals surface area contributed by atoms with Crippen LogP contribution < -0.4 is 5.32 Å². The highest BCUT2D eigenvalue weighted by atomic mass is 31.2. The van der Waals surface area contributed by atoms with Gasteiger partial charge < -0.3 is 30.0 Å². The summed E-state index contributed by atoms with van der Waals surface area (Å²) in [6.07, 6.45) is -1.50. The van der Waals surface area contributed by atoms with E-state index in [0.29, 0.717) is 0 Å². The number of hydrogen-bond donors (Lipinski definition) is 6. The summed E-state index contributed by atoms with van der Waals surface area (Å²) >= 11 is 0. The van der Waals surface area contributed by atoms with Gasteiger partial charge >= 0.3 is 21.2 Å². The largest absolute Gasteiger partial charge is 0.481 e. The predicted octanol–water partition coefficient (Wildman–Crippen LogP) is -1.35. The molecule has 0 aromatic rings. The van der Waals surface area contributed by atoms with E-state index in [2.05, 4.69) is 0 Å². The van der Waals surface area contributed by atoms with Gasteiger partial charge in [-0.3, -0.25) is 18.7 Å². The number of nitrogens with one attached hydrogen (secondary N) is 1. The molecule has 0 aliphatic heterocycles. The second-order valence-corrected chi connectivity index (χ2v) is 7.37. The lowest BCUT2D eigenvalue weighted by atomic mass is 10.4. The molecule has 0 heterocycles. The van der Waals surface area contributed by atoms with Crippen LogP contribution in [0.15, 0.2) is 0 Å². The molecule has 12 heteroatoms. The molecule has 1 amide bonds. The zero-order chi connectivity index (χ0) is 14.6. The Morgan fingerprint density at radius 1 is 1.06 bits per heavy atom. The van der Waals surface area contributed by atoms with E-state index in [-0.39, 0.29) is 6.54 Å². The zero-order valence-electron chi connectivity index (χ0n) is 8.96. The molecule has 0 unspecified atom stereocenters. The zero-order valence-corrected chi connectivity index (χ0v) is 10.8. The summed E-state index contributed by atoms with van der Waals surface area (Å²) in [5, 5.41) is 7.83. The van der Waals surface area contributed by atoms with Gasteiger partial charge in [-0.25, -0.2) is 0 Å². The number of amides is 1. The number of carbonyl (C=O) groups is 2. The SMILES string of the molecule is O=C(O)CCNC(=O)CC(P(=O)(O)O)P(=O)(O)O. The van der Waals surface area contributed by atoms with Gasteiger partial charge in [0.25, 0.3) is 0 Å². The highest BCUT2D eigenvalue weighted by Crippen LogP contribution is 2.61. The Morgan fingerprint density at radius 2 is 1.50 bits per heavy atom. The van der Waals surface area contributed by atoms with Crippen molar-refractivity contribution in [3.05, 3.63) is 0 Å². The highest BCUT2D eigenvalue weighted by molar-refractivity contribution is 7.70. The molecule has 0 saturated carbocycles. The summed E-state index contributed by atoms with van der Waals surface area (Å²) < 4.78 is 21.6. The summed E-state index contributed by atoms with van der Waals surface area (Å²) in [7, 11) is -10.3. The van der Waals surface area contributed by atoms with Crippen LogP contribution in [-0.2, 0) is 18.7 Å². The van der Waals surface area contributed by atoms with Crippen LogP contribution in [0.1, 0.15) is 12.8 Å². The molecular weight excluding hydrogens is 292 g/mol. The van der Waals surface area contributed by atoms with Gasteiger partial charge in [0.2, 0.25) is 5.91 Å². The van der Waals surface area contributed by atoms with Crippen molar-refractivity contribution in [2.24, 2.45) is 0 Å². The second-order valence-electron chi connectivity index (χ2n) is 3.36. The molecular formula is C6H13NO9P2. The molecule has 0 aromatic carbocycles. The first-order chi connectivity index (χ1) is 7.94. The van der Waals surface area contributed by atoms with Crippen LogP contribution in [0.4, 0.5) is 0 Å². The lowest BCUT2D eigenvalue weighted by Gasteiger charge is -2.18. The Labute approximate surface area is 101 Å². The fourth-order valence-electron chi connectivity index (χ4n) is 0.981. The summed E-state index contributed by atoms with van der Waals surface area (Å²) in [6.45, 7) is -0.302. The molecule has 0 radical (unpaired) electrons. The summed E-state index contributed by atoms with van der Waals surface area (Å²) in [5.41, 5.74) is 0. The molecule has 0 spiro atoms. The maximum atomic E-state index is 11.1. The van der Waals surface area contributed by atoms with E-state index in [9.17, 15) is 18.7 Å². The van der Waals surface area contributed by atoms with Crippen molar-refractivity contribution in [2.75, 3.05) is 6.54 Å². The Bertz CT molecular complexity index is 387. The van der Waals surface area contributed by atoms with E-state index in [1.165, 1.54) is 0 Å². The van der Waals surface area contributed by atoms with E-state index in [1.54, 1.807) is 0 Å². The molecule has 6 N–H and O–H groups in total. The average molecular weight is 305 g/mol. The van der Waals surface area contributed by atoms with E-state index in [1.807, 2.05) is 5.32 Å². The Balaban J connectivity index is 4.53. The Hall–Kier alpha value is -0.760. The van der Waals surface area contributed by atoms with Crippen molar-refractivity contribution in [3.8, 4) is 0 Å². The third kappa shape index (κ3) is 6.85. The first kappa shape index (κ1) is 17.2. The van der Waals surface area contributed by atoms with Crippen LogP contribution in [0, 0.1) is 0 Å².